The number of hydrogen-bond acceptors (Lipinski definition) is 5. The third-order valence-electron chi connectivity index (χ3n) is 2.00. The molecule has 0 fully saturated rings. The summed E-state index contributed by atoms with van der Waals surface area (Å²) >= 11 is 0. The number of aromatic nitrogens is 1. The summed E-state index contributed by atoms with van der Waals surface area (Å²) in [5, 5.41) is 30.4. The van der Waals surface area contributed by atoms with Gasteiger partial charge in [0.15, 0.2) is 0 Å². The minimum atomic E-state index is -1.04. The molecule has 80 valence electrons. The van der Waals surface area contributed by atoms with Crippen LogP contribution >= 0.6 is 0 Å². The van der Waals surface area contributed by atoms with Gasteiger partial charge < -0.3 is 15.5 Å². The summed E-state index contributed by atoms with van der Waals surface area (Å²) in [6.45, 7) is 0.281. The van der Waals surface area contributed by atoms with Crippen LogP contribution in [0.5, 0.6) is 0 Å². The molecule has 0 aromatic carbocycles. The molecular weight excluding hydrogens is 194 g/mol. The van der Waals surface area contributed by atoms with Gasteiger partial charge >= 0.3 is 0 Å². The maximum absolute atomic E-state index is 9.65. The van der Waals surface area contributed by atoms with E-state index >= 15 is 0 Å². The van der Waals surface area contributed by atoms with Crippen LogP contribution in [-0.4, -0.2) is 34.9 Å². The zero-order valence-corrected chi connectivity index (χ0v) is 8.38. The molecule has 0 aliphatic carbocycles. The smallest absolute Gasteiger partial charge is 0.123 e. The van der Waals surface area contributed by atoms with Crippen LogP contribution in [0, 0.1) is 11.3 Å². The van der Waals surface area contributed by atoms with Gasteiger partial charge in [-0.25, -0.2) is 0 Å². The number of nitrogens with one attached hydrogen (secondary N) is 1. The van der Waals surface area contributed by atoms with E-state index in [1.54, 1.807) is 13.1 Å². The molecule has 1 heterocycles. The van der Waals surface area contributed by atoms with Crippen molar-refractivity contribution in [2.24, 2.45) is 0 Å². The monoisotopic (exact) mass is 207 g/mol. The second-order valence-corrected chi connectivity index (χ2v) is 3.15. The maximum atomic E-state index is 9.65. The van der Waals surface area contributed by atoms with Gasteiger partial charge in [0, 0.05) is 12.7 Å². The SMILES string of the molecule is CNCC(O)C(O)c1ccc(C#N)cn1. The summed E-state index contributed by atoms with van der Waals surface area (Å²) < 4.78 is 0. The van der Waals surface area contributed by atoms with E-state index in [1.807, 2.05) is 6.07 Å². The highest BCUT2D eigenvalue weighted by atomic mass is 16.3. The minimum Gasteiger partial charge on any atom is -0.389 e. The molecule has 0 bridgehead atoms. The first-order valence-electron chi connectivity index (χ1n) is 4.55. The third kappa shape index (κ3) is 2.99. The van der Waals surface area contributed by atoms with E-state index in [9.17, 15) is 10.2 Å². The van der Waals surface area contributed by atoms with Gasteiger partial charge in [-0.15, -0.1) is 0 Å². The van der Waals surface area contributed by atoms with E-state index in [1.165, 1.54) is 12.3 Å². The van der Waals surface area contributed by atoms with Crippen LogP contribution in [-0.2, 0) is 0 Å². The fraction of sp³-hybridized carbons (Fsp3) is 0.400. The van der Waals surface area contributed by atoms with Crippen LogP contribution in [0.3, 0.4) is 0 Å². The van der Waals surface area contributed by atoms with Crippen molar-refractivity contribution >= 4 is 0 Å². The fourth-order valence-electron chi connectivity index (χ4n) is 1.16. The lowest BCUT2D eigenvalue weighted by Gasteiger charge is -2.16. The molecule has 2 atom stereocenters. The van der Waals surface area contributed by atoms with Crippen LogP contribution in [0.15, 0.2) is 18.3 Å². The highest BCUT2D eigenvalue weighted by Crippen LogP contribution is 2.14. The van der Waals surface area contributed by atoms with Crippen LogP contribution in [0.4, 0.5) is 0 Å². The lowest BCUT2D eigenvalue weighted by Crippen LogP contribution is -2.30. The quantitative estimate of drug-likeness (QED) is 0.623. The molecule has 0 spiro atoms. The number of nitriles is 1. The molecule has 5 heteroatoms. The standard InChI is InChI=1S/C10H13N3O2/c1-12-6-9(14)10(15)8-3-2-7(4-11)5-13-8/h2-3,5,9-10,12,14-15H,6H2,1H3. The van der Waals surface area contributed by atoms with Crippen LogP contribution in [0.25, 0.3) is 0 Å². The molecule has 0 aliphatic heterocycles. The Hall–Kier alpha value is -1.48. The Bertz CT molecular complexity index is 345. The summed E-state index contributed by atoms with van der Waals surface area (Å²) in [5.41, 5.74) is 0.783. The molecular formula is C10H13N3O2. The lowest BCUT2D eigenvalue weighted by molar-refractivity contribution is 0.0177. The lowest BCUT2D eigenvalue weighted by atomic mass is 10.1. The number of aliphatic hydroxyl groups is 2. The van der Waals surface area contributed by atoms with Gasteiger partial charge in [-0.05, 0) is 19.2 Å². The van der Waals surface area contributed by atoms with E-state index in [0.29, 0.717) is 11.3 Å². The largest absolute Gasteiger partial charge is 0.389 e. The van der Waals surface area contributed by atoms with Gasteiger partial charge in [0.25, 0.3) is 0 Å². The molecule has 0 saturated heterocycles. The second-order valence-electron chi connectivity index (χ2n) is 3.15. The number of likely N-dealkylation sites (N-methyl/N-ethyl adjacent to an activating group) is 1. The molecule has 1 rings (SSSR count). The van der Waals surface area contributed by atoms with E-state index in [4.69, 9.17) is 5.26 Å². The summed E-state index contributed by atoms with van der Waals surface area (Å²) in [5.74, 6) is 0. The third-order valence-corrected chi connectivity index (χ3v) is 2.00. The zero-order chi connectivity index (χ0) is 11.3. The normalized spacial score (nSPS) is 14.3. The molecule has 1 aromatic rings. The Labute approximate surface area is 88.0 Å². The van der Waals surface area contributed by atoms with Gasteiger partial charge in [0.1, 0.15) is 12.2 Å². The Balaban J connectivity index is 2.74. The Kier molecular flexibility index (Phi) is 4.18. The van der Waals surface area contributed by atoms with Crippen molar-refractivity contribution in [3.8, 4) is 6.07 Å². The highest BCUT2D eigenvalue weighted by molar-refractivity contribution is 5.27. The number of hydrogen-bond donors (Lipinski definition) is 3. The van der Waals surface area contributed by atoms with Gasteiger partial charge in [-0.1, -0.05) is 0 Å². The molecule has 3 N–H and O–H groups in total. The maximum Gasteiger partial charge on any atom is 0.123 e. The minimum absolute atomic E-state index is 0.281. The number of nitrogens with zero attached hydrogens (tertiary/aromatic N) is 2. The van der Waals surface area contributed by atoms with Crippen LogP contribution in [0.2, 0.25) is 0 Å². The van der Waals surface area contributed by atoms with Crippen molar-refractivity contribution in [2.45, 2.75) is 12.2 Å². The molecule has 0 amide bonds. The van der Waals surface area contributed by atoms with Crippen LogP contribution in [0.1, 0.15) is 17.4 Å². The number of aliphatic hydroxyl groups excluding tert-OH is 2. The number of pyridine rings is 1. The molecule has 0 radical (unpaired) electrons. The topological polar surface area (TPSA) is 89.2 Å². The fourth-order valence-corrected chi connectivity index (χ4v) is 1.16. The predicted octanol–water partition coefficient (Wildman–Crippen LogP) is -0.433. The van der Waals surface area contributed by atoms with Crippen molar-refractivity contribution in [1.82, 2.24) is 10.3 Å². The Morgan fingerprint density at radius 3 is 2.73 bits per heavy atom. The first kappa shape index (κ1) is 11.6. The van der Waals surface area contributed by atoms with Crippen molar-refractivity contribution in [3.63, 3.8) is 0 Å². The molecule has 15 heavy (non-hydrogen) atoms. The average Bonchev–Trinajstić information content (AvgIpc) is 2.28. The summed E-state index contributed by atoms with van der Waals surface area (Å²) in [6, 6.07) is 5.01. The summed E-state index contributed by atoms with van der Waals surface area (Å²) in [6.07, 6.45) is -0.578. The Morgan fingerprint density at radius 1 is 1.53 bits per heavy atom. The average molecular weight is 207 g/mol. The Morgan fingerprint density at radius 2 is 2.27 bits per heavy atom. The van der Waals surface area contributed by atoms with E-state index in [-0.39, 0.29) is 6.54 Å². The summed E-state index contributed by atoms with van der Waals surface area (Å²) in [4.78, 5) is 3.89. The number of rotatable bonds is 4. The van der Waals surface area contributed by atoms with Crippen molar-refractivity contribution < 1.29 is 10.2 Å². The molecule has 0 aliphatic rings. The second kappa shape index (κ2) is 5.41. The van der Waals surface area contributed by atoms with Gasteiger partial charge in [0.05, 0.1) is 17.4 Å². The van der Waals surface area contributed by atoms with Gasteiger partial charge in [0.2, 0.25) is 0 Å². The van der Waals surface area contributed by atoms with Crippen molar-refractivity contribution in [2.75, 3.05) is 13.6 Å². The molecule has 5 nitrogen and oxygen atoms in total. The van der Waals surface area contributed by atoms with Gasteiger partial charge in [-0.2, -0.15) is 5.26 Å². The van der Waals surface area contributed by atoms with E-state index < -0.39 is 12.2 Å². The molecule has 0 saturated carbocycles. The van der Waals surface area contributed by atoms with Crippen molar-refractivity contribution in [1.29, 1.82) is 5.26 Å². The molecule has 2 unspecified atom stereocenters. The van der Waals surface area contributed by atoms with E-state index in [0.717, 1.165) is 0 Å². The zero-order valence-electron chi connectivity index (χ0n) is 8.38. The highest BCUT2D eigenvalue weighted by Gasteiger charge is 2.18. The predicted molar refractivity (Wildman–Crippen MR) is 53.8 cm³/mol. The van der Waals surface area contributed by atoms with Gasteiger partial charge in [-0.3, -0.25) is 4.98 Å². The van der Waals surface area contributed by atoms with Crippen molar-refractivity contribution in [3.05, 3.63) is 29.6 Å². The first-order valence-corrected chi connectivity index (χ1v) is 4.55. The molecule has 1 aromatic heterocycles. The first-order chi connectivity index (χ1) is 7.19. The summed E-state index contributed by atoms with van der Waals surface area (Å²) in [7, 11) is 1.68. The van der Waals surface area contributed by atoms with E-state index in [2.05, 4.69) is 10.3 Å². The van der Waals surface area contributed by atoms with Crippen LogP contribution < -0.4 is 5.32 Å².